The molecule has 1 aromatic carbocycles. The van der Waals surface area contributed by atoms with Crippen LogP contribution in [0.2, 0.25) is 0 Å². The number of carbonyl (C=O) groups is 2. The molecule has 0 amide bonds. The van der Waals surface area contributed by atoms with E-state index >= 15 is 0 Å². The molecule has 8 heteroatoms. The lowest BCUT2D eigenvalue weighted by atomic mass is 9.62. The first-order valence-electron chi connectivity index (χ1n) is 11.5. The van der Waals surface area contributed by atoms with E-state index in [1.807, 2.05) is 24.3 Å². The number of ether oxygens (including phenoxy) is 1. The van der Waals surface area contributed by atoms with Gasteiger partial charge in [0.2, 0.25) is 0 Å². The van der Waals surface area contributed by atoms with Crippen molar-refractivity contribution in [3.63, 3.8) is 0 Å². The van der Waals surface area contributed by atoms with Crippen LogP contribution in [0.25, 0.3) is 0 Å². The summed E-state index contributed by atoms with van der Waals surface area (Å²) < 4.78 is 5.32. The normalized spacial score (nSPS) is 17.6. The minimum atomic E-state index is -0.559. The van der Waals surface area contributed by atoms with Crippen LogP contribution in [0.3, 0.4) is 0 Å². The first-order chi connectivity index (χ1) is 15.9. The van der Waals surface area contributed by atoms with Crippen molar-refractivity contribution in [1.29, 1.82) is 0 Å². The Morgan fingerprint density at radius 2 is 1.91 bits per heavy atom. The lowest BCUT2D eigenvalue weighted by molar-refractivity contribution is -0.146. The number of hydrogen-bond donors (Lipinski definition) is 4. The second kappa shape index (κ2) is 9.52. The maximum atomic E-state index is 12.7. The molecule has 1 fully saturated rings. The van der Waals surface area contributed by atoms with Gasteiger partial charge in [0, 0.05) is 23.9 Å². The predicted octanol–water partition coefficient (Wildman–Crippen LogP) is 3.47. The average molecular weight is 450 g/mol. The van der Waals surface area contributed by atoms with Gasteiger partial charge in [0.1, 0.15) is 6.04 Å². The van der Waals surface area contributed by atoms with Crippen LogP contribution >= 0.6 is 0 Å². The second-order valence-electron chi connectivity index (χ2n) is 8.75. The molecule has 2 aliphatic rings. The van der Waals surface area contributed by atoms with Gasteiger partial charge in [-0.05, 0) is 43.5 Å². The minimum Gasteiger partial charge on any atom is -0.464 e. The number of rotatable bonds is 8. The number of nitrogens with zero attached hydrogens (tertiary/aromatic N) is 1. The third-order valence-corrected chi connectivity index (χ3v) is 6.47. The fraction of sp³-hybridized carbons (Fsp3) is 0.400. The van der Waals surface area contributed by atoms with Crippen molar-refractivity contribution in [2.45, 2.75) is 51.5 Å². The summed E-state index contributed by atoms with van der Waals surface area (Å²) in [6, 6.07) is 8.79. The molecule has 0 unspecified atom stereocenters. The van der Waals surface area contributed by atoms with Crippen LogP contribution in [-0.4, -0.2) is 29.4 Å². The van der Waals surface area contributed by atoms with E-state index in [9.17, 15) is 9.59 Å². The molecule has 1 atom stereocenters. The van der Waals surface area contributed by atoms with Crippen LogP contribution in [0, 0.1) is 5.41 Å². The van der Waals surface area contributed by atoms with Crippen LogP contribution in [-0.2, 0) is 20.7 Å². The third kappa shape index (κ3) is 4.79. The largest absolute Gasteiger partial charge is 0.464 e. The van der Waals surface area contributed by atoms with Gasteiger partial charge in [-0.3, -0.25) is 4.79 Å². The predicted molar refractivity (Wildman–Crippen MR) is 129 cm³/mol. The Morgan fingerprint density at radius 1 is 1.18 bits per heavy atom. The highest BCUT2D eigenvalue weighted by atomic mass is 16.5. The van der Waals surface area contributed by atoms with E-state index in [0.29, 0.717) is 30.2 Å². The summed E-state index contributed by atoms with van der Waals surface area (Å²) >= 11 is 0. The molecular weight excluding hydrogens is 418 g/mol. The van der Waals surface area contributed by atoms with Crippen LogP contribution in [0.5, 0.6) is 0 Å². The molecule has 6 N–H and O–H groups in total. The Hall–Kier alpha value is -3.55. The number of ketones is 1. The van der Waals surface area contributed by atoms with Crippen LogP contribution in [0.4, 0.5) is 22.9 Å². The lowest BCUT2D eigenvalue weighted by Crippen LogP contribution is -2.52. The Morgan fingerprint density at radius 3 is 2.55 bits per heavy atom. The van der Waals surface area contributed by atoms with Crippen molar-refractivity contribution in [2.24, 2.45) is 5.41 Å². The van der Waals surface area contributed by atoms with Gasteiger partial charge in [0.25, 0.3) is 0 Å². The van der Waals surface area contributed by atoms with Crippen molar-refractivity contribution in [3.8, 4) is 0 Å². The molecule has 2 aliphatic carbocycles. The molecule has 1 heterocycles. The smallest absolute Gasteiger partial charge is 0.328 e. The zero-order valence-corrected chi connectivity index (χ0v) is 18.9. The van der Waals surface area contributed by atoms with E-state index < -0.39 is 11.5 Å². The van der Waals surface area contributed by atoms with Gasteiger partial charge < -0.3 is 26.8 Å². The highest BCUT2D eigenvalue weighted by Gasteiger charge is 2.49. The van der Waals surface area contributed by atoms with E-state index in [4.69, 9.17) is 16.2 Å². The number of nitrogens with one attached hydrogen (secondary N) is 2. The van der Waals surface area contributed by atoms with Gasteiger partial charge in [-0.25, -0.2) is 9.78 Å². The van der Waals surface area contributed by atoms with Gasteiger partial charge in [-0.2, -0.15) is 0 Å². The van der Waals surface area contributed by atoms with Gasteiger partial charge in [-0.1, -0.05) is 31.4 Å². The highest BCUT2D eigenvalue weighted by Crippen LogP contribution is 2.48. The number of carbonyl (C=O) groups excluding carboxylic acids is 2. The van der Waals surface area contributed by atoms with Gasteiger partial charge in [-0.15, -0.1) is 0 Å². The van der Waals surface area contributed by atoms with E-state index in [2.05, 4.69) is 15.6 Å². The summed E-state index contributed by atoms with van der Waals surface area (Å²) in [6.45, 7) is 2.10. The van der Waals surface area contributed by atoms with Crippen molar-refractivity contribution >= 4 is 34.6 Å². The summed E-state index contributed by atoms with van der Waals surface area (Å²) in [4.78, 5) is 29.3. The molecule has 4 rings (SSSR count). The van der Waals surface area contributed by atoms with E-state index in [1.54, 1.807) is 25.3 Å². The molecule has 0 saturated heterocycles. The molecule has 33 heavy (non-hydrogen) atoms. The van der Waals surface area contributed by atoms with Gasteiger partial charge in [0.05, 0.1) is 29.6 Å². The fourth-order valence-electron chi connectivity index (χ4n) is 4.64. The number of benzene rings is 1. The SMILES string of the molecule is CCOC(=O)[C@H](Cc1ccc(Nc2ncc(N)cc2N)cc1)NC1=CC(=O)C12CCCCC2. The van der Waals surface area contributed by atoms with E-state index in [1.165, 1.54) is 0 Å². The summed E-state index contributed by atoms with van der Waals surface area (Å²) in [6.07, 6.45) is 8.57. The summed E-state index contributed by atoms with van der Waals surface area (Å²) in [5.41, 5.74) is 14.9. The van der Waals surface area contributed by atoms with Crippen LogP contribution < -0.4 is 22.1 Å². The van der Waals surface area contributed by atoms with E-state index in [-0.39, 0.29) is 11.8 Å². The van der Waals surface area contributed by atoms with Crippen molar-refractivity contribution in [2.75, 3.05) is 23.4 Å². The molecule has 2 aromatic rings. The number of anilines is 4. The first-order valence-corrected chi connectivity index (χ1v) is 11.5. The summed E-state index contributed by atoms with van der Waals surface area (Å²) in [5.74, 6) is 0.394. The number of pyridine rings is 1. The van der Waals surface area contributed by atoms with Crippen molar-refractivity contribution < 1.29 is 14.3 Å². The standard InChI is InChI=1S/C25H31N5O3/c1-2-33-24(32)20(30-21-14-22(31)25(21)10-4-3-5-11-25)12-16-6-8-18(9-7-16)29-23-19(27)13-17(26)15-28-23/h6-9,13-15,20,30H,2-5,10-12,26-27H2,1H3,(H,28,29)/t20-/m0/s1. The number of hydrogen-bond acceptors (Lipinski definition) is 8. The zero-order valence-electron chi connectivity index (χ0n) is 18.9. The highest BCUT2D eigenvalue weighted by molar-refractivity contribution is 6.05. The quantitative estimate of drug-likeness (QED) is 0.450. The molecule has 1 saturated carbocycles. The number of nitrogens with two attached hydrogens (primary N) is 2. The van der Waals surface area contributed by atoms with Crippen molar-refractivity contribution in [1.82, 2.24) is 10.3 Å². The van der Waals surface area contributed by atoms with E-state index in [0.717, 1.165) is 49.1 Å². The van der Waals surface area contributed by atoms with Crippen LogP contribution in [0.15, 0.2) is 48.3 Å². The molecule has 174 valence electrons. The Bertz CT molecular complexity index is 1060. The molecule has 1 aromatic heterocycles. The Balaban J connectivity index is 1.46. The molecule has 0 bridgehead atoms. The zero-order chi connectivity index (χ0) is 23.4. The maximum Gasteiger partial charge on any atom is 0.328 e. The third-order valence-electron chi connectivity index (χ3n) is 6.47. The maximum absolute atomic E-state index is 12.7. The molecular formula is C25H31N5O3. The first kappa shape index (κ1) is 22.6. The molecule has 1 spiro atoms. The summed E-state index contributed by atoms with van der Waals surface area (Å²) in [5, 5.41) is 6.53. The molecule has 8 nitrogen and oxygen atoms in total. The number of aromatic nitrogens is 1. The fourth-order valence-corrected chi connectivity index (χ4v) is 4.64. The molecule has 0 aliphatic heterocycles. The number of esters is 1. The number of allylic oxidation sites excluding steroid dienone is 2. The average Bonchev–Trinajstić information content (AvgIpc) is 2.82. The van der Waals surface area contributed by atoms with Crippen LogP contribution in [0.1, 0.15) is 44.6 Å². The second-order valence-corrected chi connectivity index (χ2v) is 8.75. The minimum absolute atomic E-state index is 0.179. The number of nitrogen functional groups attached to an aromatic ring is 2. The van der Waals surface area contributed by atoms with Gasteiger partial charge >= 0.3 is 5.97 Å². The van der Waals surface area contributed by atoms with Gasteiger partial charge in [0.15, 0.2) is 11.6 Å². The summed E-state index contributed by atoms with van der Waals surface area (Å²) in [7, 11) is 0. The lowest BCUT2D eigenvalue weighted by Gasteiger charge is -2.44. The van der Waals surface area contributed by atoms with Crippen molar-refractivity contribution in [3.05, 3.63) is 53.9 Å². The Labute approximate surface area is 193 Å². The topological polar surface area (TPSA) is 132 Å². The monoisotopic (exact) mass is 449 g/mol. The molecule has 0 radical (unpaired) electrons. The Kier molecular flexibility index (Phi) is 6.53.